The van der Waals surface area contributed by atoms with Crippen LogP contribution in [0.5, 0.6) is 5.75 Å². The van der Waals surface area contributed by atoms with Gasteiger partial charge in [0.05, 0.1) is 5.02 Å². The summed E-state index contributed by atoms with van der Waals surface area (Å²) in [4.78, 5) is 18.7. The van der Waals surface area contributed by atoms with E-state index >= 15 is 0 Å². The van der Waals surface area contributed by atoms with Gasteiger partial charge in [0.2, 0.25) is 0 Å². The molecular weight excluding hydrogens is 359 g/mol. The van der Waals surface area contributed by atoms with Gasteiger partial charge in [0.1, 0.15) is 5.75 Å². The second kappa shape index (κ2) is 8.07. The lowest BCUT2D eigenvalue weighted by Gasteiger charge is -2.23. The van der Waals surface area contributed by atoms with Gasteiger partial charge in [-0.2, -0.15) is 0 Å². The fraction of sp³-hybridized carbons (Fsp3) is 0.368. The van der Waals surface area contributed by atoms with Crippen LogP contribution in [0.15, 0.2) is 36.7 Å². The van der Waals surface area contributed by atoms with Crippen LogP contribution in [0.4, 0.5) is 0 Å². The smallest absolute Gasteiger partial charge is 0.260 e. The van der Waals surface area contributed by atoms with Gasteiger partial charge in [-0.25, -0.2) is 0 Å². The van der Waals surface area contributed by atoms with Crippen LogP contribution in [0.3, 0.4) is 0 Å². The quantitative estimate of drug-likeness (QED) is 0.711. The minimum atomic E-state index is -0.0545. The predicted molar refractivity (Wildman–Crippen MR) is 99.1 cm³/mol. The first-order valence-electron chi connectivity index (χ1n) is 8.28. The molecule has 0 atom stereocenters. The summed E-state index contributed by atoms with van der Waals surface area (Å²) in [5.74, 6) is 1.00. The largest absolute Gasteiger partial charge is 0.482 e. The van der Waals surface area contributed by atoms with Crippen LogP contribution in [0.2, 0.25) is 10.0 Å². The number of halogens is 2. The molecule has 1 fully saturated rings. The standard InChI is InChI=1S/C19H20Cl2N2O2/c1-13-6-7-22-9-15(13)11-23(10-14-2-3-14)19(24)12-25-18-5-4-16(20)8-17(18)21/h4-9,14H,2-3,10-12H2,1H3. The first-order chi connectivity index (χ1) is 12.0. The fourth-order valence-electron chi connectivity index (χ4n) is 2.56. The summed E-state index contributed by atoms with van der Waals surface area (Å²) in [6, 6.07) is 6.92. The highest BCUT2D eigenvalue weighted by Crippen LogP contribution is 2.31. The molecule has 1 heterocycles. The molecule has 1 amide bonds. The van der Waals surface area contributed by atoms with Crippen LogP contribution in [0, 0.1) is 12.8 Å². The summed E-state index contributed by atoms with van der Waals surface area (Å²) in [7, 11) is 0. The lowest BCUT2D eigenvalue weighted by molar-refractivity contribution is -0.134. The van der Waals surface area contributed by atoms with Gasteiger partial charge in [0, 0.05) is 30.5 Å². The molecule has 1 aliphatic rings. The lowest BCUT2D eigenvalue weighted by atomic mass is 10.1. The summed E-state index contributed by atoms with van der Waals surface area (Å²) < 4.78 is 5.61. The molecule has 1 saturated carbocycles. The fourth-order valence-corrected chi connectivity index (χ4v) is 3.02. The molecule has 4 nitrogen and oxygen atoms in total. The zero-order valence-corrected chi connectivity index (χ0v) is 15.6. The highest BCUT2D eigenvalue weighted by molar-refractivity contribution is 6.35. The Morgan fingerprint density at radius 1 is 1.32 bits per heavy atom. The lowest BCUT2D eigenvalue weighted by Crippen LogP contribution is -2.36. The topological polar surface area (TPSA) is 42.4 Å². The highest BCUT2D eigenvalue weighted by atomic mass is 35.5. The second-order valence-corrected chi connectivity index (χ2v) is 7.23. The maximum Gasteiger partial charge on any atom is 0.260 e. The Kier molecular flexibility index (Phi) is 5.82. The van der Waals surface area contributed by atoms with Crippen molar-refractivity contribution in [2.24, 2.45) is 5.92 Å². The van der Waals surface area contributed by atoms with Crippen LogP contribution < -0.4 is 4.74 Å². The molecule has 0 N–H and O–H groups in total. The van der Waals surface area contributed by atoms with Gasteiger partial charge in [-0.05, 0) is 61.1 Å². The molecule has 0 unspecified atom stereocenters. The van der Waals surface area contributed by atoms with E-state index in [0.29, 0.717) is 28.3 Å². The first kappa shape index (κ1) is 18.0. The van der Waals surface area contributed by atoms with Crippen LogP contribution in [0.25, 0.3) is 0 Å². The van der Waals surface area contributed by atoms with Gasteiger partial charge in [0.15, 0.2) is 6.61 Å². The number of hydrogen-bond donors (Lipinski definition) is 0. The first-order valence-corrected chi connectivity index (χ1v) is 9.03. The van der Waals surface area contributed by atoms with Gasteiger partial charge in [-0.15, -0.1) is 0 Å². The normalized spacial score (nSPS) is 13.6. The summed E-state index contributed by atoms with van der Waals surface area (Å²) in [6.07, 6.45) is 5.94. The van der Waals surface area contributed by atoms with Gasteiger partial charge in [-0.3, -0.25) is 9.78 Å². The molecule has 3 rings (SSSR count). The minimum absolute atomic E-state index is 0.0482. The minimum Gasteiger partial charge on any atom is -0.482 e. The Hall–Kier alpha value is -1.78. The van der Waals surface area contributed by atoms with Crippen molar-refractivity contribution in [1.29, 1.82) is 0 Å². The van der Waals surface area contributed by atoms with Crippen LogP contribution in [-0.2, 0) is 11.3 Å². The van der Waals surface area contributed by atoms with Crippen LogP contribution in [0.1, 0.15) is 24.0 Å². The zero-order valence-electron chi connectivity index (χ0n) is 14.0. The number of amides is 1. The van der Waals surface area contributed by atoms with E-state index in [2.05, 4.69) is 4.98 Å². The van der Waals surface area contributed by atoms with Crippen molar-refractivity contribution in [2.75, 3.05) is 13.2 Å². The Balaban J connectivity index is 1.65. The van der Waals surface area contributed by atoms with E-state index in [0.717, 1.165) is 17.7 Å². The molecular formula is C19H20Cl2N2O2. The van der Waals surface area contributed by atoms with E-state index in [9.17, 15) is 4.79 Å². The van der Waals surface area contributed by atoms with E-state index in [-0.39, 0.29) is 12.5 Å². The summed E-state index contributed by atoms with van der Waals surface area (Å²) >= 11 is 12.0. The number of ether oxygens (including phenoxy) is 1. The highest BCUT2D eigenvalue weighted by Gasteiger charge is 2.27. The average molecular weight is 379 g/mol. The van der Waals surface area contributed by atoms with Crippen molar-refractivity contribution >= 4 is 29.1 Å². The summed E-state index contributed by atoms with van der Waals surface area (Å²) in [6.45, 7) is 3.28. The van der Waals surface area contributed by atoms with E-state index in [1.807, 2.05) is 24.1 Å². The number of carbonyl (C=O) groups is 1. The Morgan fingerprint density at radius 3 is 2.80 bits per heavy atom. The number of aromatic nitrogens is 1. The molecule has 0 saturated heterocycles. The van der Waals surface area contributed by atoms with Gasteiger partial charge < -0.3 is 9.64 Å². The number of pyridine rings is 1. The molecule has 2 aromatic rings. The SMILES string of the molecule is Cc1ccncc1CN(CC1CC1)C(=O)COc1ccc(Cl)cc1Cl. The number of nitrogens with zero attached hydrogens (tertiary/aromatic N) is 2. The third kappa shape index (κ3) is 5.10. The van der Waals surface area contributed by atoms with Crippen molar-refractivity contribution < 1.29 is 9.53 Å². The Bertz CT molecular complexity index is 763. The second-order valence-electron chi connectivity index (χ2n) is 6.38. The van der Waals surface area contributed by atoms with E-state index < -0.39 is 0 Å². The van der Waals surface area contributed by atoms with Crippen molar-refractivity contribution in [3.05, 3.63) is 57.8 Å². The maximum atomic E-state index is 12.7. The van der Waals surface area contributed by atoms with Crippen LogP contribution >= 0.6 is 23.2 Å². The van der Waals surface area contributed by atoms with Crippen molar-refractivity contribution in [2.45, 2.75) is 26.3 Å². The average Bonchev–Trinajstić information content (AvgIpc) is 3.39. The van der Waals surface area contributed by atoms with Crippen LogP contribution in [-0.4, -0.2) is 28.9 Å². The molecule has 25 heavy (non-hydrogen) atoms. The van der Waals surface area contributed by atoms with Gasteiger partial charge in [0.25, 0.3) is 5.91 Å². The zero-order chi connectivity index (χ0) is 17.8. The van der Waals surface area contributed by atoms with E-state index in [4.69, 9.17) is 27.9 Å². The Morgan fingerprint density at radius 2 is 2.12 bits per heavy atom. The summed E-state index contributed by atoms with van der Waals surface area (Å²) in [5.41, 5.74) is 2.19. The maximum absolute atomic E-state index is 12.7. The van der Waals surface area contributed by atoms with Crippen molar-refractivity contribution in [3.8, 4) is 5.75 Å². The molecule has 1 aliphatic carbocycles. The molecule has 0 aliphatic heterocycles. The van der Waals surface area contributed by atoms with E-state index in [1.165, 1.54) is 12.8 Å². The number of carbonyl (C=O) groups excluding carboxylic acids is 1. The molecule has 0 bridgehead atoms. The number of hydrogen-bond acceptors (Lipinski definition) is 3. The molecule has 6 heteroatoms. The third-order valence-electron chi connectivity index (χ3n) is 4.28. The van der Waals surface area contributed by atoms with Crippen molar-refractivity contribution in [1.82, 2.24) is 9.88 Å². The summed E-state index contributed by atoms with van der Waals surface area (Å²) in [5, 5.41) is 0.934. The predicted octanol–water partition coefficient (Wildman–Crippen LogP) is 4.51. The monoisotopic (exact) mass is 378 g/mol. The number of rotatable bonds is 7. The number of benzene rings is 1. The Labute approximate surface area is 157 Å². The third-order valence-corrected chi connectivity index (χ3v) is 4.81. The van der Waals surface area contributed by atoms with E-state index in [1.54, 1.807) is 24.4 Å². The molecule has 132 valence electrons. The van der Waals surface area contributed by atoms with Gasteiger partial charge >= 0.3 is 0 Å². The van der Waals surface area contributed by atoms with Gasteiger partial charge in [-0.1, -0.05) is 23.2 Å². The molecule has 1 aromatic heterocycles. The molecule has 0 radical (unpaired) electrons. The number of aryl methyl sites for hydroxylation is 1. The van der Waals surface area contributed by atoms with Crippen molar-refractivity contribution in [3.63, 3.8) is 0 Å². The molecule has 1 aromatic carbocycles. The molecule has 0 spiro atoms.